The molecule has 2 aromatic rings. The molecule has 1 aliphatic carbocycles. The third-order valence-corrected chi connectivity index (χ3v) is 7.62. The number of piperidine rings is 1. The van der Waals surface area contributed by atoms with Gasteiger partial charge in [-0.3, -0.25) is 14.4 Å². The van der Waals surface area contributed by atoms with Gasteiger partial charge in [0.25, 0.3) is 0 Å². The lowest BCUT2D eigenvalue weighted by Crippen LogP contribution is -2.51. The summed E-state index contributed by atoms with van der Waals surface area (Å²) in [5.41, 5.74) is 2.02. The van der Waals surface area contributed by atoms with E-state index in [1.165, 1.54) is 6.07 Å². The van der Waals surface area contributed by atoms with Crippen molar-refractivity contribution in [3.63, 3.8) is 0 Å². The van der Waals surface area contributed by atoms with Crippen LogP contribution >= 0.6 is 0 Å². The van der Waals surface area contributed by atoms with Gasteiger partial charge in [0.2, 0.25) is 5.91 Å². The van der Waals surface area contributed by atoms with Crippen molar-refractivity contribution in [3.05, 3.63) is 42.0 Å². The number of benzene rings is 1. The number of amides is 1. The van der Waals surface area contributed by atoms with Crippen LogP contribution in [-0.2, 0) is 16.0 Å². The molecule has 1 N–H and O–H groups in total. The average Bonchev–Trinajstić information content (AvgIpc) is 3.57. The highest BCUT2D eigenvalue weighted by Crippen LogP contribution is 2.41. The Labute approximate surface area is 193 Å². The number of nitrogens with zero attached hydrogens (tertiary/aromatic N) is 4. The molecule has 2 unspecified atom stereocenters. The third-order valence-electron chi connectivity index (χ3n) is 7.62. The predicted molar refractivity (Wildman–Crippen MR) is 121 cm³/mol. The second-order valence-electron chi connectivity index (χ2n) is 9.59. The van der Waals surface area contributed by atoms with Crippen molar-refractivity contribution in [2.45, 2.75) is 62.7 Å². The van der Waals surface area contributed by atoms with Crippen molar-refractivity contribution in [2.24, 2.45) is 5.92 Å². The van der Waals surface area contributed by atoms with Gasteiger partial charge in [-0.1, -0.05) is 12.1 Å². The van der Waals surface area contributed by atoms with Gasteiger partial charge >= 0.3 is 0 Å². The molecule has 1 saturated carbocycles. The molecule has 7 nitrogen and oxygen atoms in total. The first kappa shape index (κ1) is 22.1. The Hall–Kier alpha value is -2.76. The highest BCUT2D eigenvalue weighted by atomic mass is 19.1. The number of halogens is 1. The molecule has 1 amide bonds. The van der Waals surface area contributed by atoms with Crippen molar-refractivity contribution >= 4 is 5.91 Å². The number of fused-ring (bicyclic) bond motifs is 2. The maximum atomic E-state index is 14.9. The summed E-state index contributed by atoms with van der Waals surface area (Å²) >= 11 is 0. The number of hydrogen-bond acceptors (Lipinski definition) is 5. The quantitative estimate of drug-likeness (QED) is 0.730. The Bertz CT molecular complexity index is 1060. The van der Waals surface area contributed by atoms with Crippen LogP contribution in [0, 0.1) is 23.1 Å². The Kier molecular flexibility index (Phi) is 6.17. The van der Waals surface area contributed by atoms with Crippen LogP contribution in [0.25, 0.3) is 11.1 Å². The number of nitrogens with one attached hydrogen (secondary N) is 1. The highest BCUT2D eigenvalue weighted by molar-refractivity contribution is 5.83. The molecule has 3 aliphatic rings. The predicted octanol–water partition coefficient (Wildman–Crippen LogP) is 3.07. The highest BCUT2D eigenvalue weighted by Gasteiger charge is 2.47. The average molecular weight is 452 g/mol. The van der Waals surface area contributed by atoms with Gasteiger partial charge in [-0.2, -0.15) is 10.4 Å². The molecule has 174 valence electrons. The van der Waals surface area contributed by atoms with Gasteiger partial charge in [0.05, 0.1) is 24.3 Å². The topological polar surface area (TPSA) is 83.2 Å². The molecule has 3 heterocycles. The van der Waals surface area contributed by atoms with E-state index in [4.69, 9.17) is 4.74 Å². The van der Waals surface area contributed by atoms with E-state index < -0.39 is 6.04 Å². The van der Waals surface area contributed by atoms with Crippen LogP contribution in [0.3, 0.4) is 0 Å². The van der Waals surface area contributed by atoms with Gasteiger partial charge in [-0.15, -0.1) is 0 Å². The molecule has 2 aliphatic heterocycles. The molecular formula is C25H30FN5O2. The Morgan fingerprint density at radius 2 is 2.09 bits per heavy atom. The molecule has 4 atom stereocenters. The number of nitriles is 1. The Morgan fingerprint density at radius 3 is 2.79 bits per heavy atom. The number of rotatable bonds is 6. The van der Waals surface area contributed by atoms with Crippen LogP contribution in [-0.4, -0.2) is 59.0 Å². The van der Waals surface area contributed by atoms with Gasteiger partial charge in [0, 0.05) is 37.4 Å². The van der Waals surface area contributed by atoms with E-state index in [1.807, 2.05) is 24.0 Å². The van der Waals surface area contributed by atoms with Gasteiger partial charge in [-0.25, -0.2) is 4.39 Å². The number of carbonyl (C=O) groups excluding carboxylic acids is 1. The number of carbonyl (C=O) groups is 1. The van der Waals surface area contributed by atoms with Crippen molar-refractivity contribution in [3.8, 4) is 17.2 Å². The minimum absolute atomic E-state index is 0.117. The first-order valence-corrected chi connectivity index (χ1v) is 11.9. The fraction of sp³-hybridized carbons (Fsp3) is 0.560. The lowest BCUT2D eigenvalue weighted by molar-refractivity contribution is -0.127. The maximum absolute atomic E-state index is 14.9. The zero-order valence-corrected chi connectivity index (χ0v) is 18.9. The Balaban J connectivity index is 1.24. The Morgan fingerprint density at radius 1 is 1.27 bits per heavy atom. The SMILES string of the molecule is CN1[C@@H]2CCC(C2)[C@H]1C(=O)NC(C#N)Cc1ccc(-c2cnn(C3CCOCC3)c2)cc1F. The van der Waals surface area contributed by atoms with E-state index in [9.17, 15) is 14.4 Å². The van der Waals surface area contributed by atoms with Crippen molar-refractivity contribution in [2.75, 3.05) is 20.3 Å². The molecule has 0 radical (unpaired) electrons. The summed E-state index contributed by atoms with van der Waals surface area (Å²) in [5.74, 6) is -0.135. The lowest BCUT2D eigenvalue weighted by atomic mass is 9.97. The van der Waals surface area contributed by atoms with Gasteiger partial charge in [0.1, 0.15) is 11.9 Å². The molecule has 2 bridgehead atoms. The molecule has 8 heteroatoms. The summed E-state index contributed by atoms with van der Waals surface area (Å²) in [6.07, 6.45) is 8.95. The second-order valence-corrected chi connectivity index (χ2v) is 9.59. The van der Waals surface area contributed by atoms with Crippen molar-refractivity contribution in [1.82, 2.24) is 20.0 Å². The minimum atomic E-state index is -0.762. The van der Waals surface area contributed by atoms with E-state index in [2.05, 4.69) is 21.4 Å². The van der Waals surface area contributed by atoms with Gasteiger partial charge in [0.15, 0.2) is 0 Å². The largest absolute Gasteiger partial charge is 0.381 e. The van der Waals surface area contributed by atoms with Crippen LogP contribution in [0.2, 0.25) is 0 Å². The van der Waals surface area contributed by atoms with Crippen LogP contribution in [0.1, 0.15) is 43.7 Å². The zero-order valence-electron chi connectivity index (χ0n) is 18.9. The number of ether oxygens (including phenoxy) is 1. The smallest absolute Gasteiger partial charge is 0.238 e. The molecular weight excluding hydrogens is 421 g/mol. The standard InChI is InChI=1S/C25H30FN5O2/c1-30-22-5-4-18(11-22)24(30)25(32)29-20(13-27)10-17-3-2-16(12-23(17)26)19-14-28-31(15-19)21-6-8-33-9-7-21/h2-3,12,14-15,18,20-22,24H,4-11H2,1H3,(H,29,32)/t18?,20?,22-,24+/m1/s1. The number of aromatic nitrogens is 2. The molecule has 5 rings (SSSR count). The number of hydrogen-bond donors (Lipinski definition) is 1. The summed E-state index contributed by atoms with van der Waals surface area (Å²) < 4.78 is 22.3. The molecule has 1 aromatic carbocycles. The summed E-state index contributed by atoms with van der Waals surface area (Å²) in [6, 6.07) is 7.01. The second kappa shape index (κ2) is 9.24. The van der Waals surface area contributed by atoms with E-state index in [0.717, 1.165) is 56.4 Å². The van der Waals surface area contributed by atoms with Crippen LogP contribution in [0.15, 0.2) is 30.6 Å². The molecule has 33 heavy (non-hydrogen) atoms. The van der Waals surface area contributed by atoms with E-state index in [-0.39, 0.29) is 24.2 Å². The van der Waals surface area contributed by atoms with E-state index in [0.29, 0.717) is 23.6 Å². The fourth-order valence-electron chi connectivity index (χ4n) is 5.74. The summed E-state index contributed by atoms with van der Waals surface area (Å²) in [7, 11) is 1.98. The molecule has 0 spiro atoms. The van der Waals surface area contributed by atoms with Crippen LogP contribution < -0.4 is 5.32 Å². The fourth-order valence-corrected chi connectivity index (χ4v) is 5.74. The van der Waals surface area contributed by atoms with Gasteiger partial charge < -0.3 is 10.1 Å². The van der Waals surface area contributed by atoms with Gasteiger partial charge in [-0.05, 0) is 62.3 Å². The summed E-state index contributed by atoms with van der Waals surface area (Å²) in [5, 5.41) is 16.9. The van der Waals surface area contributed by atoms with Crippen LogP contribution in [0.5, 0.6) is 0 Å². The van der Waals surface area contributed by atoms with Crippen LogP contribution in [0.4, 0.5) is 4.39 Å². The summed E-state index contributed by atoms with van der Waals surface area (Å²) in [6.45, 7) is 1.47. The lowest BCUT2D eigenvalue weighted by Gasteiger charge is -2.31. The first-order valence-electron chi connectivity index (χ1n) is 11.9. The molecule has 2 saturated heterocycles. The number of likely N-dealkylation sites (N-methyl/N-ethyl adjacent to an activating group) is 1. The molecule has 1 aromatic heterocycles. The van der Waals surface area contributed by atoms with E-state index >= 15 is 0 Å². The monoisotopic (exact) mass is 451 g/mol. The number of likely N-dealkylation sites (tertiary alicyclic amines) is 1. The van der Waals surface area contributed by atoms with E-state index in [1.54, 1.807) is 12.3 Å². The van der Waals surface area contributed by atoms with Crippen molar-refractivity contribution in [1.29, 1.82) is 5.26 Å². The first-order chi connectivity index (χ1) is 16.0. The molecule has 3 fully saturated rings. The van der Waals surface area contributed by atoms with Crippen molar-refractivity contribution < 1.29 is 13.9 Å². The zero-order chi connectivity index (χ0) is 22.9. The summed E-state index contributed by atoms with van der Waals surface area (Å²) in [4.78, 5) is 15.0. The normalized spacial score (nSPS) is 26.3. The maximum Gasteiger partial charge on any atom is 0.238 e. The third kappa shape index (κ3) is 4.40. The minimum Gasteiger partial charge on any atom is -0.381 e.